The third-order valence-corrected chi connectivity index (χ3v) is 7.70. The van der Waals surface area contributed by atoms with Crippen LogP contribution in [0.15, 0.2) is 47.4 Å². The molecule has 0 spiro atoms. The van der Waals surface area contributed by atoms with Crippen molar-refractivity contribution in [1.82, 2.24) is 4.31 Å². The van der Waals surface area contributed by atoms with Crippen LogP contribution in [-0.4, -0.2) is 58.1 Å². The van der Waals surface area contributed by atoms with Gasteiger partial charge in [0.2, 0.25) is 10.0 Å². The maximum atomic E-state index is 13.9. The molecular formula is C23H27FN2O5S. The number of benzene rings is 2. The van der Waals surface area contributed by atoms with Gasteiger partial charge in [-0.1, -0.05) is 18.2 Å². The molecule has 32 heavy (non-hydrogen) atoms. The summed E-state index contributed by atoms with van der Waals surface area (Å²) in [6.45, 7) is 2.54. The van der Waals surface area contributed by atoms with Crippen molar-refractivity contribution in [2.75, 3.05) is 44.3 Å². The third-order valence-electron chi connectivity index (χ3n) is 5.81. The van der Waals surface area contributed by atoms with Crippen molar-refractivity contribution in [3.05, 3.63) is 59.4 Å². The molecule has 4 rings (SSSR count). The van der Waals surface area contributed by atoms with Gasteiger partial charge in [-0.05, 0) is 43.5 Å². The fourth-order valence-corrected chi connectivity index (χ4v) is 5.46. The Morgan fingerprint density at radius 2 is 1.72 bits per heavy atom. The molecule has 2 fully saturated rings. The van der Waals surface area contributed by atoms with Gasteiger partial charge in [-0.15, -0.1) is 0 Å². The molecule has 0 aromatic heterocycles. The van der Waals surface area contributed by atoms with Gasteiger partial charge >= 0.3 is 5.97 Å². The first-order chi connectivity index (χ1) is 15.5. The minimum Gasteiger partial charge on any atom is -0.457 e. The van der Waals surface area contributed by atoms with Crippen LogP contribution in [0.25, 0.3) is 0 Å². The first-order valence-corrected chi connectivity index (χ1v) is 12.3. The number of hydrogen-bond acceptors (Lipinski definition) is 6. The summed E-state index contributed by atoms with van der Waals surface area (Å²) in [6.07, 6.45) is 3.11. The highest BCUT2D eigenvalue weighted by molar-refractivity contribution is 7.89. The Bertz CT molecular complexity index is 1060. The van der Waals surface area contributed by atoms with E-state index in [1.807, 2.05) is 0 Å². The van der Waals surface area contributed by atoms with Crippen LogP contribution in [-0.2, 0) is 26.1 Å². The van der Waals surface area contributed by atoms with Gasteiger partial charge in [0.25, 0.3) is 0 Å². The van der Waals surface area contributed by atoms with Crippen molar-refractivity contribution in [3.8, 4) is 0 Å². The normalized spacial score (nSPS) is 17.8. The first kappa shape index (κ1) is 22.7. The number of morpholine rings is 1. The van der Waals surface area contributed by atoms with Gasteiger partial charge in [0, 0.05) is 31.7 Å². The number of carbonyl (C=O) groups excluding carboxylic acids is 1. The number of ether oxygens (including phenoxy) is 2. The van der Waals surface area contributed by atoms with Crippen molar-refractivity contribution in [2.24, 2.45) is 0 Å². The second-order valence-corrected chi connectivity index (χ2v) is 9.85. The fraction of sp³-hybridized carbons (Fsp3) is 0.435. The minimum atomic E-state index is -3.77. The van der Waals surface area contributed by atoms with E-state index in [0.717, 1.165) is 32.4 Å². The standard InChI is InChI=1S/C23H27FN2O5S/c24-21-7-3-2-6-18(21)17-31-23(27)20-16-19(32(28,29)26-12-14-30-15-13-26)8-9-22(20)25-10-4-1-5-11-25/h2-3,6-9,16H,1,4-5,10-15,17H2. The number of anilines is 1. The lowest BCUT2D eigenvalue weighted by molar-refractivity contribution is 0.0469. The van der Waals surface area contributed by atoms with Gasteiger partial charge < -0.3 is 14.4 Å². The summed E-state index contributed by atoms with van der Waals surface area (Å²) in [5.41, 5.74) is 1.08. The summed E-state index contributed by atoms with van der Waals surface area (Å²) >= 11 is 0. The van der Waals surface area contributed by atoms with E-state index in [4.69, 9.17) is 9.47 Å². The Morgan fingerprint density at radius 3 is 2.44 bits per heavy atom. The molecule has 0 N–H and O–H groups in total. The van der Waals surface area contributed by atoms with Crippen LogP contribution in [0.3, 0.4) is 0 Å². The van der Waals surface area contributed by atoms with Crippen LogP contribution in [0.5, 0.6) is 0 Å². The van der Waals surface area contributed by atoms with Crippen LogP contribution in [0, 0.1) is 5.82 Å². The zero-order valence-corrected chi connectivity index (χ0v) is 18.7. The van der Waals surface area contributed by atoms with Crippen molar-refractivity contribution < 1.29 is 27.1 Å². The summed E-state index contributed by atoms with van der Waals surface area (Å²) in [6, 6.07) is 10.7. The third kappa shape index (κ3) is 4.95. The fourth-order valence-electron chi connectivity index (χ4n) is 4.02. The zero-order valence-electron chi connectivity index (χ0n) is 17.8. The maximum Gasteiger partial charge on any atom is 0.340 e. The molecule has 0 amide bonds. The number of carbonyl (C=O) groups is 1. The molecule has 0 bridgehead atoms. The van der Waals surface area contributed by atoms with Crippen molar-refractivity contribution in [1.29, 1.82) is 0 Å². The number of sulfonamides is 1. The van der Waals surface area contributed by atoms with Crippen LogP contribution in [0.4, 0.5) is 10.1 Å². The number of rotatable bonds is 6. The number of piperidine rings is 1. The van der Waals surface area contributed by atoms with Gasteiger partial charge in [0.05, 0.1) is 29.4 Å². The molecule has 0 radical (unpaired) electrons. The molecule has 2 saturated heterocycles. The van der Waals surface area contributed by atoms with Crippen molar-refractivity contribution >= 4 is 21.7 Å². The summed E-state index contributed by atoms with van der Waals surface area (Å²) in [7, 11) is -3.77. The summed E-state index contributed by atoms with van der Waals surface area (Å²) < 4.78 is 52.2. The van der Waals surface area contributed by atoms with Crippen molar-refractivity contribution in [3.63, 3.8) is 0 Å². The highest BCUT2D eigenvalue weighted by Crippen LogP contribution is 2.29. The molecule has 2 aliphatic heterocycles. The highest BCUT2D eigenvalue weighted by atomic mass is 32.2. The Balaban J connectivity index is 1.64. The quantitative estimate of drug-likeness (QED) is 0.614. The average molecular weight is 463 g/mol. The highest BCUT2D eigenvalue weighted by Gasteiger charge is 2.29. The van der Waals surface area contributed by atoms with E-state index in [1.54, 1.807) is 30.3 Å². The Labute approximate surface area is 187 Å². The molecule has 0 aliphatic carbocycles. The van der Waals surface area contributed by atoms with E-state index < -0.39 is 21.8 Å². The summed E-state index contributed by atoms with van der Waals surface area (Å²) in [5, 5.41) is 0. The molecule has 2 aromatic rings. The molecule has 7 nitrogen and oxygen atoms in total. The Morgan fingerprint density at radius 1 is 1.00 bits per heavy atom. The topological polar surface area (TPSA) is 76.2 Å². The van der Waals surface area contributed by atoms with Gasteiger partial charge in [-0.25, -0.2) is 17.6 Å². The van der Waals surface area contributed by atoms with Gasteiger partial charge in [0.15, 0.2) is 0 Å². The number of halogens is 1. The number of esters is 1. The molecule has 172 valence electrons. The largest absolute Gasteiger partial charge is 0.457 e. The molecular weight excluding hydrogens is 435 g/mol. The summed E-state index contributed by atoms with van der Waals surface area (Å²) in [5.74, 6) is -1.13. The molecule has 9 heteroatoms. The maximum absolute atomic E-state index is 13.9. The van der Waals surface area contributed by atoms with Crippen LogP contribution < -0.4 is 4.90 Å². The van der Waals surface area contributed by atoms with E-state index in [9.17, 15) is 17.6 Å². The SMILES string of the molecule is O=C(OCc1ccccc1F)c1cc(S(=O)(=O)N2CCOCC2)ccc1N1CCCCC1. The van der Waals surface area contributed by atoms with E-state index in [2.05, 4.69) is 4.90 Å². The molecule has 0 saturated carbocycles. The molecule has 2 aromatic carbocycles. The lowest BCUT2D eigenvalue weighted by Crippen LogP contribution is -2.40. The average Bonchev–Trinajstić information content (AvgIpc) is 2.84. The molecule has 0 unspecified atom stereocenters. The Kier molecular flexibility index (Phi) is 7.07. The van der Waals surface area contributed by atoms with Gasteiger partial charge in [-0.2, -0.15) is 4.31 Å². The molecule has 0 atom stereocenters. The second kappa shape index (κ2) is 9.97. The zero-order chi connectivity index (χ0) is 22.6. The van der Waals surface area contributed by atoms with Gasteiger partial charge in [0.1, 0.15) is 12.4 Å². The molecule has 2 heterocycles. The molecule has 2 aliphatic rings. The van der Waals surface area contributed by atoms with E-state index in [0.29, 0.717) is 18.9 Å². The first-order valence-electron chi connectivity index (χ1n) is 10.8. The predicted octanol–water partition coefficient (Wildman–Crippen LogP) is 3.19. The predicted molar refractivity (Wildman–Crippen MR) is 118 cm³/mol. The summed E-state index contributed by atoms with van der Waals surface area (Å²) in [4.78, 5) is 15.2. The monoisotopic (exact) mass is 462 g/mol. The number of hydrogen-bond donors (Lipinski definition) is 0. The van der Waals surface area contributed by atoms with Crippen molar-refractivity contribution in [2.45, 2.75) is 30.8 Å². The van der Waals surface area contributed by atoms with E-state index in [1.165, 1.54) is 16.4 Å². The van der Waals surface area contributed by atoms with E-state index >= 15 is 0 Å². The second-order valence-electron chi connectivity index (χ2n) is 7.91. The minimum absolute atomic E-state index is 0.0398. The van der Waals surface area contributed by atoms with Crippen LogP contribution in [0.1, 0.15) is 35.2 Å². The number of nitrogens with zero attached hydrogens (tertiary/aromatic N) is 2. The lowest BCUT2D eigenvalue weighted by atomic mass is 10.1. The van der Waals surface area contributed by atoms with E-state index in [-0.39, 0.29) is 35.7 Å². The smallest absolute Gasteiger partial charge is 0.340 e. The van der Waals surface area contributed by atoms with Crippen LogP contribution >= 0.6 is 0 Å². The van der Waals surface area contributed by atoms with Crippen LogP contribution in [0.2, 0.25) is 0 Å². The lowest BCUT2D eigenvalue weighted by Gasteiger charge is -2.31. The van der Waals surface area contributed by atoms with Gasteiger partial charge in [-0.3, -0.25) is 0 Å². The Hall–Kier alpha value is -2.49.